The van der Waals surface area contributed by atoms with Gasteiger partial charge in [0.1, 0.15) is 5.69 Å². The Morgan fingerprint density at radius 1 is 1.39 bits per heavy atom. The van der Waals surface area contributed by atoms with Crippen LogP contribution in [0.4, 0.5) is 0 Å². The molecule has 1 N–H and O–H groups in total. The second-order valence-corrected chi connectivity index (χ2v) is 4.89. The molecule has 0 unspecified atom stereocenters. The van der Waals surface area contributed by atoms with Crippen LogP contribution in [-0.2, 0) is 4.74 Å². The number of nitrogens with zero attached hydrogens (tertiary/aromatic N) is 3. The highest BCUT2D eigenvalue weighted by molar-refractivity contribution is 6.00. The minimum Gasteiger partial charge on any atom is -0.463 e. The van der Waals surface area contributed by atoms with E-state index in [0.717, 1.165) is 0 Å². The predicted molar refractivity (Wildman–Crippen MR) is 78.9 cm³/mol. The number of ether oxygens (including phenoxy) is 1. The van der Waals surface area contributed by atoms with Crippen LogP contribution in [0, 0.1) is 0 Å². The zero-order valence-corrected chi connectivity index (χ0v) is 12.5. The molecule has 0 spiro atoms. The summed E-state index contributed by atoms with van der Waals surface area (Å²) in [5.74, 6) is -0.925. The summed E-state index contributed by atoms with van der Waals surface area (Å²) in [6.45, 7) is 1.74. The maximum Gasteiger partial charge on any atom is 0.376 e. The number of carbonyl (C=O) groups is 2. The molecule has 23 heavy (non-hydrogen) atoms. The summed E-state index contributed by atoms with van der Waals surface area (Å²) in [6, 6.07) is 6.46. The summed E-state index contributed by atoms with van der Waals surface area (Å²) in [7, 11) is 1.25. The Balaban J connectivity index is 1.77. The maximum atomic E-state index is 12.4. The normalized spacial score (nSPS) is 12.1. The molecule has 3 rings (SSSR count). The van der Waals surface area contributed by atoms with E-state index < -0.39 is 12.0 Å². The van der Waals surface area contributed by atoms with E-state index in [1.807, 2.05) is 12.1 Å². The number of nitrogens with one attached hydrogen (secondary N) is 1. The highest BCUT2D eigenvalue weighted by Gasteiger charge is 2.20. The van der Waals surface area contributed by atoms with Crippen molar-refractivity contribution < 1.29 is 18.8 Å². The zero-order valence-electron chi connectivity index (χ0n) is 12.5. The third-order valence-corrected chi connectivity index (χ3v) is 3.38. The molecule has 0 aliphatic rings. The highest BCUT2D eigenvalue weighted by atomic mass is 16.5. The van der Waals surface area contributed by atoms with Crippen LogP contribution in [-0.4, -0.2) is 33.8 Å². The number of hydrogen-bond acceptors (Lipinski definition) is 6. The van der Waals surface area contributed by atoms with Gasteiger partial charge in [-0.2, -0.15) is 5.10 Å². The largest absolute Gasteiger partial charge is 0.463 e. The van der Waals surface area contributed by atoms with Gasteiger partial charge >= 0.3 is 5.97 Å². The number of hydrogen-bond donors (Lipinski definition) is 1. The van der Waals surface area contributed by atoms with Crippen molar-refractivity contribution in [2.24, 2.45) is 0 Å². The van der Waals surface area contributed by atoms with Crippen LogP contribution >= 0.6 is 0 Å². The Kier molecular flexibility index (Phi) is 3.80. The van der Waals surface area contributed by atoms with Crippen LogP contribution in [0.1, 0.15) is 39.6 Å². The van der Waals surface area contributed by atoms with Gasteiger partial charge in [0, 0.05) is 12.3 Å². The number of pyridine rings is 1. The lowest BCUT2D eigenvalue weighted by atomic mass is 10.2. The summed E-state index contributed by atoms with van der Waals surface area (Å²) in [6.07, 6.45) is 3.26. The van der Waals surface area contributed by atoms with Crippen LogP contribution in [0.2, 0.25) is 0 Å². The van der Waals surface area contributed by atoms with Crippen molar-refractivity contribution in [1.82, 2.24) is 20.1 Å². The zero-order chi connectivity index (χ0) is 16.4. The van der Waals surface area contributed by atoms with Gasteiger partial charge in [0.2, 0.25) is 5.76 Å². The lowest BCUT2D eigenvalue weighted by Gasteiger charge is -2.09. The first-order valence-corrected chi connectivity index (χ1v) is 6.88. The van der Waals surface area contributed by atoms with Gasteiger partial charge in [-0.05, 0) is 19.1 Å². The third-order valence-electron chi connectivity index (χ3n) is 3.38. The van der Waals surface area contributed by atoms with Crippen LogP contribution in [0.3, 0.4) is 0 Å². The predicted octanol–water partition coefficient (Wildman–Crippen LogP) is 1.60. The maximum absolute atomic E-state index is 12.4. The van der Waals surface area contributed by atoms with Crippen LogP contribution in [0.15, 0.2) is 41.2 Å². The molecule has 0 aromatic carbocycles. The number of rotatable bonds is 4. The molecule has 118 valence electrons. The number of amides is 1. The topological polar surface area (TPSA) is 98.7 Å². The minimum absolute atomic E-state index is 0.0143. The van der Waals surface area contributed by atoms with E-state index in [-0.39, 0.29) is 11.7 Å². The van der Waals surface area contributed by atoms with Crippen molar-refractivity contribution >= 4 is 17.4 Å². The molecule has 1 atom stereocenters. The van der Waals surface area contributed by atoms with Gasteiger partial charge in [-0.3, -0.25) is 4.79 Å². The number of fused-ring (bicyclic) bond motifs is 1. The van der Waals surface area contributed by atoms with Crippen molar-refractivity contribution in [1.29, 1.82) is 0 Å². The summed E-state index contributed by atoms with van der Waals surface area (Å²) < 4.78 is 11.1. The molecular weight excluding hydrogens is 300 g/mol. The number of esters is 1. The van der Waals surface area contributed by atoms with E-state index in [1.165, 1.54) is 19.4 Å². The van der Waals surface area contributed by atoms with E-state index in [1.54, 1.807) is 23.7 Å². The summed E-state index contributed by atoms with van der Waals surface area (Å²) >= 11 is 0. The van der Waals surface area contributed by atoms with E-state index in [2.05, 4.69) is 20.3 Å². The molecule has 8 heteroatoms. The average Bonchev–Trinajstić information content (AvgIpc) is 3.21. The SMILES string of the molecule is COC(=O)c1cc([C@@H](C)NC(=O)c2cnn3ccccc23)no1. The van der Waals surface area contributed by atoms with E-state index >= 15 is 0 Å². The van der Waals surface area contributed by atoms with E-state index in [9.17, 15) is 9.59 Å². The quantitative estimate of drug-likeness (QED) is 0.734. The lowest BCUT2D eigenvalue weighted by molar-refractivity contribution is 0.0554. The Morgan fingerprint density at radius 2 is 2.22 bits per heavy atom. The first kappa shape index (κ1) is 14.8. The molecule has 3 aromatic heterocycles. The molecule has 3 heterocycles. The van der Waals surface area contributed by atoms with Gasteiger partial charge in [-0.25, -0.2) is 9.31 Å². The standard InChI is InChI=1S/C15H14N4O4/c1-9(11-7-13(23-18-11)15(21)22-2)17-14(20)10-8-16-19-6-4-3-5-12(10)19/h3-9H,1-2H3,(H,17,20)/t9-/m1/s1. The second-order valence-electron chi connectivity index (χ2n) is 4.89. The van der Waals surface area contributed by atoms with Gasteiger partial charge < -0.3 is 14.6 Å². The molecule has 0 radical (unpaired) electrons. The van der Waals surface area contributed by atoms with E-state index in [0.29, 0.717) is 16.8 Å². The smallest absolute Gasteiger partial charge is 0.376 e. The molecular formula is C15H14N4O4. The molecule has 0 fully saturated rings. The summed E-state index contributed by atoms with van der Waals surface area (Å²) in [5, 5.41) is 10.7. The van der Waals surface area contributed by atoms with Gasteiger partial charge in [-0.1, -0.05) is 11.2 Å². The molecule has 0 aliphatic heterocycles. The lowest BCUT2D eigenvalue weighted by Crippen LogP contribution is -2.26. The fourth-order valence-corrected chi connectivity index (χ4v) is 2.15. The molecule has 8 nitrogen and oxygen atoms in total. The monoisotopic (exact) mass is 314 g/mol. The van der Waals surface area contributed by atoms with Crippen molar-refractivity contribution in [3.05, 3.63) is 53.7 Å². The Morgan fingerprint density at radius 3 is 3.00 bits per heavy atom. The van der Waals surface area contributed by atoms with Crippen molar-refractivity contribution in [3.63, 3.8) is 0 Å². The van der Waals surface area contributed by atoms with Gasteiger partial charge in [0.05, 0.1) is 30.4 Å². The molecule has 0 saturated carbocycles. The van der Waals surface area contributed by atoms with Crippen molar-refractivity contribution in [3.8, 4) is 0 Å². The van der Waals surface area contributed by atoms with Gasteiger partial charge in [0.15, 0.2) is 0 Å². The minimum atomic E-state index is -0.620. The van der Waals surface area contributed by atoms with Gasteiger partial charge in [0.25, 0.3) is 5.91 Å². The average molecular weight is 314 g/mol. The first-order valence-electron chi connectivity index (χ1n) is 6.88. The number of aromatic nitrogens is 3. The molecule has 0 saturated heterocycles. The molecule has 0 bridgehead atoms. The van der Waals surface area contributed by atoms with E-state index in [4.69, 9.17) is 4.52 Å². The fraction of sp³-hybridized carbons (Fsp3) is 0.200. The Hall–Kier alpha value is -3.16. The van der Waals surface area contributed by atoms with Crippen molar-refractivity contribution in [2.45, 2.75) is 13.0 Å². The third kappa shape index (κ3) is 2.78. The molecule has 3 aromatic rings. The van der Waals surface area contributed by atoms with Crippen molar-refractivity contribution in [2.75, 3.05) is 7.11 Å². The van der Waals surface area contributed by atoms with Crippen LogP contribution < -0.4 is 5.32 Å². The number of carbonyl (C=O) groups excluding carboxylic acids is 2. The highest BCUT2D eigenvalue weighted by Crippen LogP contribution is 2.16. The fourth-order valence-electron chi connectivity index (χ4n) is 2.15. The van der Waals surface area contributed by atoms with Gasteiger partial charge in [-0.15, -0.1) is 0 Å². The van der Waals surface area contributed by atoms with Crippen LogP contribution in [0.5, 0.6) is 0 Å². The summed E-state index contributed by atoms with van der Waals surface area (Å²) in [5.41, 5.74) is 1.58. The molecule has 0 aliphatic carbocycles. The van der Waals surface area contributed by atoms with Crippen LogP contribution in [0.25, 0.3) is 5.52 Å². The summed E-state index contributed by atoms with van der Waals surface area (Å²) in [4.78, 5) is 23.7. The number of methoxy groups -OCH3 is 1. The Labute approximate surface area is 131 Å². The Bertz CT molecular complexity index is 867. The molecule has 1 amide bonds. The first-order chi connectivity index (χ1) is 11.1. The second kappa shape index (κ2) is 5.91.